The predicted octanol–water partition coefficient (Wildman–Crippen LogP) is 3.60. The summed E-state index contributed by atoms with van der Waals surface area (Å²) in [6.45, 7) is 4.81. The molecule has 0 aliphatic heterocycles. The first kappa shape index (κ1) is 22.7. The summed E-state index contributed by atoms with van der Waals surface area (Å²) in [5.74, 6) is -0.0264. The molecule has 3 aromatic rings. The molecule has 3 atom stereocenters. The van der Waals surface area contributed by atoms with Crippen LogP contribution in [-0.2, 0) is 15.4 Å². The van der Waals surface area contributed by atoms with Gasteiger partial charge in [0.1, 0.15) is 5.82 Å². The minimum Gasteiger partial charge on any atom is -0.389 e. The van der Waals surface area contributed by atoms with Gasteiger partial charge in [-0.1, -0.05) is 18.2 Å². The van der Waals surface area contributed by atoms with Crippen LogP contribution >= 0.6 is 0 Å². The Kier molecular flexibility index (Phi) is 4.64. The van der Waals surface area contributed by atoms with Gasteiger partial charge in [0.2, 0.25) is 0 Å². The molecule has 1 aromatic carbocycles. The smallest absolute Gasteiger partial charge is 0.258 e. The zero-order valence-electron chi connectivity index (χ0n) is 19.8. The molecule has 9 heteroatoms. The molecular weight excluding hydrogens is 467 g/mol. The van der Waals surface area contributed by atoms with E-state index >= 15 is 0 Å². The van der Waals surface area contributed by atoms with Crippen molar-refractivity contribution in [3.05, 3.63) is 70.8 Å². The first-order chi connectivity index (χ1) is 16.5. The minimum atomic E-state index is -3.90. The van der Waals surface area contributed by atoms with Crippen LogP contribution < -0.4 is 4.72 Å². The van der Waals surface area contributed by atoms with Gasteiger partial charge in [-0.3, -0.25) is 0 Å². The molecule has 3 aliphatic rings. The highest BCUT2D eigenvalue weighted by Gasteiger charge is 2.79. The van der Waals surface area contributed by atoms with Crippen molar-refractivity contribution in [2.75, 3.05) is 6.54 Å². The summed E-state index contributed by atoms with van der Waals surface area (Å²) in [6, 6.07) is 12.0. The molecule has 1 unspecified atom stereocenters. The second kappa shape index (κ2) is 7.15. The number of aliphatic hydroxyl groups is 1. The maximum atomic E-state index is 14.6. The number of halogens is 1. The van der Waals surface area contributed by atoms with Gasteiger partial charge in [0.05, 0.1) is 28.1 Å². The fourth-order valence-electron chi connectivity index (χ4n) is 6.25. The molecule has 7 nitrogen and oxygen atoms in total. The highest BCUT2D eigenvalue weighted by molar-refractivity contribution is 7.89. The summed E-state index contributed by atoms with van der Waals surface area (Å²) in [4.78, 5) is 4.62. The third-order valence-corrected chi connectivity index (χ3v) is 9.39. The van der Waals surface area contributed by atoms with Gasteiger partial charge < -0.3 is 5.11 Å². The maximum Gasteiger partial charge on any atom is 0.258 e. The topological polar surface area (TPSA) is 105 Å². The van der Waals surface area contributed by atoms with E-state index in [2.05, 4.69) is 19.9 Å². The van der Waals surface area contributed by atoms with E-state index in [1.165, 1.54) is 26.0 Å². The molecule has 0 saturated heterocycles. The number of hydrogen-bond acceptors (Lipinski definition) is 6. The molecule has 2 fully saturated rings. The summed E-state index contributed by atoms with van der Waals surface area (Å²) in [5, 5.41) is 18.9. The van der Waals surface area contributed by atoms with Gasteiger partial charge in [-0.2, -0.15) is 10.2 Å². The van der Waals surface area contributed by atoms with Crippen LogP contribution in [0.4, 0.5) is 4.39 Å². The Bertz CT molecular complexity index is 1470. The summed E-state index contributed by atoms with van der Waals surface area (Å²) in [7, 11) is -3.90. The lowest BCUT2D eigenvalue weighted by atomic mass is 9.55. The number of hydrogen-bond donors (Lipinski definition) is 2. The highest BCUT2D eigenvalue weighted by Crippen LogP contribution is 2.84. The molecule has 2 aromatic heterocycles. The number of nitrogens with zero attached hydrogens (tertiary/aromatic N) is 3. The molecule has 35 heavy (non-hydrogen) atoms. The number of aromatic nitrogens is 3. The lowest BCUT2D eigenvalue weighted by Gasteiger charge is -2.47. The van der Waals surface area contributed by atoms with E-state index in [-0.39, 0.29) is 22.8 Å². The van der Waals surface area contributed by atoms with Crippen molar-refractivity contribution in [3.8, 4) is 11.3 Å². The molecule has 2 heterocycles. The van der Waals surface area contributed by atoms with E-state index in [9.17, 15) is 17.9 Å². The molecule has 0 amide bonds. The molecule has 3 aliphatic carbocycles. The average molecular weight is 495 g/mol. The fourth-order valence-corrected chi connectivity index (χ4v) is 7.41. The third-order valence-electron chi connectivity index (χ3n) is 8.08. The van der Waals surface area contributed by atoms with Crippen LogP contribution in [0.1, 0.15) is 61.5 Å². The van der Waals surface area contributed by atoms with E-state index in [1.807, 2.05) is 25.1 Å². The quantitative estimate of drug-likeness (QED) is 0.543. The molecule has 2 saturated carbocycles. The summed E-state index contributed by atoms with van der Waals surface area (Å²) >= 11 is 0. The van der Waals surface area contributed by atoms with Gasteiger partial charge in [0, 0.05) is 12.1 Å². The third kappa shape index (κ3) is 3.14. The zero-order chi connectivity index (χ0) is 24.8. The van der Waals surface area contributed by atoms with Crippen molar-refractivity contribution in [1.29, 1.82) is 0 Å². The normalized spacial score (nSPS) is 26.5. The van der Waals surface area contributed by atoms with Crippen LogP contribution in [0.2, 0.25) is 0 Å². The lowest BCUT2D eigenvalue weighted by molar-refractivity contribution is 0.0857. The summed E-state index contributed by atoms with van der Waals surface area (Å²) in [6.07, 6.45) is 2.81. The summed E-state index contributed by atoms with van der Waals surface area (Å²) < 4.78 is 42.9. The Morgan fingerprint density at radius 3 is 2.63 bits per heavy atom. The minimum absolute atomic E-state index is 0.0250. The van der Waals surface area contributed by atoms with Crippen molar-refractivity contribution in [1.82, 2.24) is 19.9 Å². The number of rotatable bonds is 6. The Balaban J connectivity index is 1.42. The largest absolute Gasteiger partial charge is 0.389 e. The maximum absolute atomic E-state index is 14.6. The monoisotopic (exact) mass is 494 g/mol. The Hall–Kier alpha value is -2.75. The number of fused-ring (bicyclic) bond motifs is 3. The van der Waals surface area contributed by atoms with E-state index in [0.717, 1.165) is 36.1 Å². The molecule has 182 valence electrons. The van der Waals surface area contributed by atoms with E-state index < -0.39 is 21.0 Å². The van der Waals surface area contributed by atoms with Gasteiger partial charge in [-0.05, 0) is 86.8 Å². The van der Waals surface area contributed by atoms with Crippen molar-refractivity contribution < 1.29 is 17.9 Å². The molecule has 1 spiro atoms. The van der Waals surface area contributed by atoms with Crippen LogP contribution in [0, 0.1) is 18.2 Å². The Morgan fingerprint density at radius 1 is 1.17 bits per heavy atom. The first-order valence-electron chi connectivity index (χ1n) is 11.8. The van der Waals surface area contributed by atoms with Crippen molar-refractivity contribution in [3.63, 3.8) is 0 Å². The van der Waals surface area contributed by atoms with Crippen molar-refractivity contribution >= 4 is 10.0 Å². The fraction of sp³-hybridized carbons (Fsp3) is 0.423. The SMILES string of the molecule is Cc1cccc(F)c1-c1cc2c(nn1)[C@@]1(c3cccc(S(=O)(=O)NCC(C)(C)O)n3)CCC13C[C@@H]23. The molecule has 6 rings (SSSR count). The van der Waals surface area contributed by atoms with Gasteiger partial charge in [0.25, 0.3) is 10.0 Å². The predicted molar refractivity (Wildman–Crippen MR) is 128 cm³/mol. The first-order valence-corrected chi connectivity index (χ1v) is 13.3. The van der Waals surface area contributed by atoms with Gasteiger partial charge in [-0.15, -0.1) is 0 Å². The van der Waals surface area contributed by atoms with Gasteiger partial charge in [0.15, 0.2) is 5.03 Å². The van der Waals surface area contributed by atoms with E-state index in [1.54, 1.807) is 12.1 Å². The molecular formula is C26H27FN4O3S. The summed E-state index contributed by atoms with van der Waals surface area (Å²) in [5.41, 5.74) is 2.70. The van der Waals surface area contributed by atoms with Crippen LogP contribution in [0.5, 0.6) is 0 Å². The van der Waals surface area contributed by atoms with Crippen LogP contribution in [0.15, 0.2) is 47.5 Å². The van der Waals surface area contributed by atoms with Gasteiger partial charge in [-0.25, -0.2) is 22.5 Å². The molecule has 0 radical (unpaired) electrons. The standard InChI is InChI=1S/C26H27FN4O3S/c1-15-6-4-7-18(27)22(15)19-12-16-17-13-25(17)10-11-26(25,23(16)31-30-19)20-8-5-9-21(29-20)35(33,34)28-14-24(2,3)32/h4-9,12,17,28,32H,10-11,13-14H2,1-3H3/t17-,25?,26-/m0/s1. The van der Waals surface area contributed by atoms with Crippen molar-refractivity contribution in [2.24, 2.45) is 5.41 Å². The zero-order valence-corrected chi connectivity index (χ0v) is 20.7. The average Bonchev–Trinajstić information content (AvgIpc) is 3.53. The Morgan fingerprint density at radius 2 is 1.94 bits per heavy atom. The Labute approximate surface area is 203 Å². The molecule has 0 bridgehead atoms. The van der Waals surface area contributed by atoms with Crippen LogP contribution in [0.3, 0.4) is 0 Å². The van der Waals surface area contributed by atoms with Crippen LogP contribution in [-0.4, -0.2) is 40.9 Å². The number of nitrogens with one attached hydrogen (secondary N) is 1. The second-order valence-corrected chi connectivity index (χ2v) is 12.5. The lowest BCUT2D eigenvalue weighted by Crippen LogP contribution is -2.47. The highest BCUT2D eigenvalue weighted by atomic mass is 32.2. The number of benzene rings is 1. The van der Waals surface area contributed by atoms with E-state index in [4.69, 9.17) is 0 Å². The van der Waals surface area contributed by atoms with Crippen LogP contribution in [0.25, 0.3) is 11.3 Å². The second-order valence-electron chi connectivity index (χ2n) is 10.8. The number of aryl methyl sites for hydroxylation is 1. The van der Waals surface area contributed by atoms with E-state index in [0.29, 0.717) is 22.9 Å². The van der Waals surface area contributed by atoms with Gasteiger partial charge >= 0.3 is 0 Å². The number of pyridine rings is 1. The molecule has 2 N–H and O–H groups in total. The number of sulfonamides is 1. The van der Waals surface area contributed by atoms with Crippen molar-refractivity contribution in [2.45, 2.75) is 62.0 Å².